The normalized spacial score (nSPS) is 11.2. The fourth-order valence-electron chi connectivity index (χ4n) is 2.48. The fraction of sp³-hybridized carbons (Fsp3) is 0.318. The van der Waals surface area contributed by atoms with Crippen LogP contribution in [-0.4, -0.2) is 30.1 Å². The van der Waals surface area contributed by atoms with Gasteiger partial charge in [-0.1, -0.05) is 23.7 Å². The third-order valence-electron chi connectivity index (χ3n) is 3.76. The number of amides is 1. The number of hydrogen-bond donors (Lipinski definition) is 1. The number of hydrogen-bond acceptors (Lipinski definition) is 6. The Bertz CT molecular complexity index is 961. The van der Waals surface area contributed by atoms with Crippen molar-refractivity contribution in [2.45, 2.75) is 46.8 Å². The molecule has 0 radical (unpaired) electrons. The van der Waals surface area contributed by atoms with E-state index in [0.717, 1.165) is 16.9 Å². The van der Waals surface area contributed by atoms with Gasteiger partial charge >= 0.3 is 11.9 Å². The molecule has 0 saturated heterocycles. The number of thiophene rings is 1. The lowest BCUT2D eigenvalue weighted by Crippen LogP contribution is -2.16. The zero-order valence-corrected chi connectivity index (χ0v) is 19.0. The van der Waals surface area contributed by atoms with Crippen LogP contribution in [0.5, 0.6) is 0 Å². The Morgan fingerprint density at radius 1 is 1.00 bits per heavy atom. The predicted molar refractivity (Wildman–Crippen MR) is 119 cm³/mol. The molecule has 0 bridgehead atoms. The highest BCUT2D eigenvalue weighted by atomic mass is 35.5. The Kier molecular flexibility index (Phi) is 8.20. The quantitative estimate of drug-likeness (QED) is 0.446. The molecular weight excluding hydrogens is 426 g/mol. The van der Waals surface area contributed by atoms with Gasteiger partial charge in [0.15, 0.2) is 0 Å². The molecular formula is C22H24ClNO5S. The molecule has 8 heteroatoms. The first-order valence-electron chi connectivity index (χ1n) is 9.38. The number of carbonyl (C=O) groups is 3. The Hall–Kier alpha value is -2.64. The average Bonchev–Trinajstić information content (AvgIpc) is 2.96. The smallest absolute Gasteiger partial charge is 0.348 e. The molecule has 30 heavy (non-hydrogen) atoms. The molecule has 1 amide bonds. The summed E-state index contributed by atoms with van der Waals surface area (Å²) in [6.45, 7) is 8.54. The van der Waals surface area contributed by atoms with E-state index in [1.807, 2.05) is 0 Å². The molecule has 6 nitrogen and oxygen atoms in total. The van der Waals surface area contributed by atoms with Gasteiger partial charge in [0.25, 0.3) is 0 Å². The molecule has 0 atom stereocenters. The van der Waals surface area contributed by atoms with Crippen LogP contribution in [0.3, 0.4) is 0 Å². The molecule has 2 aromatic rings. The average molecular weight is 450 g/mol. The molecule has 2 rings (SSSR count). The summed E-state index contributed by atoms with van der Waals surface area (Å²) in [6.07, 6.45) is 2.29. The lowest BCUT2D eigenvalue weighted by Gasteiger charge is -2.10. The summed E-state index contributed by atoms with van der Waals surface area (Å²) in [4.78, 5) is 37.7. The van der Waals surface area contributed by atoms with E-state index >= 15 is 0 Å². The van der Waals surface area contributed by atoms with Crippen LogP contribution in [0.25, 0.3) is 6.08 Å². The first-order chi connectivity index (χ1) is 14.1. The van der Waals surface area contributed by atoms with Gasteiger partial charge in [-0.2, -0.15) is 0 Å². The van der Waals surface area contributed by atoms with E-state index in [1.54, 1.807) is 65.0 Å². The van der Waals surface area contributed by atoms with E-state index < -0.39 is 17.8 Å². The minimum atomic E-state index is -0.612. The third kappa shape index (κ3) is 6.43. The maximum atomic E-state index is 12.6. The molecule has 1 aromatic carbocycles. The van der Waals surface area contributed by atoms with Crippen LogP contribution in [0.1, 0.15) is 58.9 Å². The number of benzene rings is 1. The molecule has 0 aliphatic rings. The van der Waals surface area contributed by atoms with Crippen molar-refractivity contribution in [3.05, 3.63) is 56.9 Å². The van der Waals surface area contributed by atoms with Crippen LogP contribution in [0.15, 0.2) is 30.3 Å². The van der Waals surface area contributed by atoms with Gasteiger partial charge in [-0.25, -0.2) is 9.59 Å². The topological polar surface area (TPSA) is 81.7 Å². The number of anilines is 1. The van der Waals surface area contributed by atoms with Crippen molar-refractivity contribution in [2.24, 2.45) is 0 Å². The van der Waals surface area contributed by atoms with Crippen molar-refractivity contribution in [3.8, 4) is 0 Å². The van der Waals surface area contributed by atoms with Crippen molar-refractivity contribution >= 4 is 51.9 Å². The van der Waals surface area contributed by atoms with Gasteiger partial charge in [0.1, 0.15) is 9.88 Å². The van der Waals surface area contributed by atoms with Gasteiger partial charge in [-0.05, 0) is 64.0 Å². The zero-order valence-electron chi connectivity index (χ0n) is 17.4. The van der Waals surface area contributed by atoms with E-state index in [1.165, 1.54) is 6.08 Å². The van der Waals surface area contributed by atoms with Crippen molar-refractivity contribution in [1.82, 2.24) is 0 Å². The van der Waals surface area contributed by atoms with Crippen molar-refractivity contribution in [1.29, 1.82) is 0 Å². The minimum absolute atomic E-state index is 0.151. The van der Waals surface area contributed by atoms with Crippen LogP contribution in [-0.2, 0) is 14.3 Å². The summed E-state index contributed by atoms with van der Waals surface area (Å²) in [5.41, 5.74) is 1.35. The Morgan fingerprint density at radius 2 is 1.57 bits per heavy atom. The standard InChI is InChI=1S/C22H24ClNO5S/c1-12(2)28-21(26)18-14(5)19(22(27)29-13(3)4)30-20(18)24-17(25)11-8-15-6-9-16(23)10-7-15/h6-13H,1-5H3,(H,24,25). The van der Waals surface area contributed by atoms with E-state index in [2.05, 4.69) is 5.32 Å². The zero-order chi connectivity index (χ0) is 22.4. The van der Waals surface area contributed by atoms with E-state index in [-0.39, 0.29) is 27.6 Å². The number of carbonyl (C=O) groups excluding carboxylic acids is 3. The molecule has 0 aliphatic carbocycles. The van der Waals surface area contributed by atoms with E-state index in [0.29, 0.717) is 10.6 Å². The summed E-state index contributed by atoms with van der Waals surface area (Å²) in [7, 11) is 0. The number of nitrogens with one attached hydrogen (secondary N) is 1. The molecule has 0 spiro atoms. The fourth-order valence-corrected chi connectivity index (χ4v) is 3.69. The van der Waals surface area contributed by atoms with Gasteiger partial charge in [-0.3, -0.25) is 4.79 Å². The van der Waals surface area contributed by atoms with Crippen LogP contribution in [0.2, 0.25) is 5.02 Å². The molecule has 1 heterocycles. The summed E-state index contributed by atoms with van der Waals surface area (Å²) in [5, 5.41) is 3.51. The van der Waals surface area contributed by atoms with Crippen molar-refractivity contribution in [3.63, 3.8) is 0 Å². The molecule has 0 unspecified atom stereocenters. The minimum Gasteiger partial charge on any atom is -0.459 e. The second-order valence-corrected chi connectivity index (χ2v) is 8.50. The Labute approximate surface area is 184 Å². The van der Waals surface area contributed by atoms with Crippen LogP contribution < -0.4 is 5.32 Å². The summed E-state index contributed by atoms with van der Waals surface area (Å²) < 4.78 is 10.5. The predicted octanol–water partition coefficient (Wildman–Crippen LogP) is 5.49. The highest BCUT2D eigenvalue weighted by Crippen LogP contribution is 2.34. The SMILES string of the molecule is Cc1c(C(=O)OC(C)C)sc(NC(=O)C=Cc2ccc(Cl)cc2)c1C(=O)OC(C)C. The van der Waals surface area contributed by atoms with Crippen LogP contribution >= 0.6 is 22.9 Å². The van der Waals surface area contributed by atoms with Crippen molar-refractivity contribution in [2.75, 3.05) is 5.32 Å². The first kappa shape index (κ1) is 23.6. The molecule has 0 aliphatic heterocycles. The van der Waals surface area contributed by atoms with Gasteiger partial charge in [0, 0.05) is 11.1 Å². The summed E-state index contributed by atoms with van der Waals surface area (Å²) >= 11 is 6.84. The number of rotatable bonds is 7. The lowest BCUT2D eigenvalue weighted by atomic mass is 10.1. The monoisotopic (exact) mass is 449 g/mol. The van der Waals surface area contributed by atoms with Crippen LogP contribution in [0.4, 0.5) is 5.00 Å². The van der Waals surface area contributed by atoms with Crippen molar-refractivity contribution < 1.29 is 23.9 Å². The largest absolute Gasteiger partial charge is 0.459 e. The second-order valence-electron chi connectivity index (χ2n) is 7.04. The maximum Gasteiger partial charge on any atom is 0.348 e. The number of halogens is 1. The molecule has 1 aromatic heterocycles. The maximum absolute atomic E-state index is 12.6. The molecule has 0 fully saturated rings. The van der Waals surface area contributed by atoms with E-state index in [9.17, 15) is 14.4 Å². The second kappa shape index (κ2) is 10.4. The Morgan fingerprint density at radius 3 is 2.13 bits per heavy atom. The number of ether oxygens (including phenoxy) is 2. The van der Waals surface area contributed by atoms with Gasteiger partial charge in [-0.15, -0.1) is 11.3 Å². The number of esters is 2. The van der Waals surface area contributed by atoms with Gasteiger partial charge in [0.05, 0.1) is 17.8 Å². The third-order valence-corrected chi connectivity index (χ3v) is 5.19. The Balaban J connectivity index is 2.31. The summed E-state index contributed by atoms with van der Waals surface area (Å²) in [5.74, 6) is -1.61. The van der Waals surface area contributed by atoms with Crippen LogP contribution in [0, 0.1) is 6.92 Å². The van der Waals surface area contributed by atoms with E-state index in [4.69, 9.17) is 21.1 Å². The highest BCUT2D eigenvalue weighted by molar-refractivity contribution is 7.18. The lowest BCUT2D eigenvalue weighted by molar-refractivity contribution is -0.111. The summed E-state index contributed by atoms with van der Waals surface area (Å²) in [6, 6.07) is 6.97. The molecule has 0 saturated carbocycles. The highest BCUT2D eigenvalue weighted by Gasteiger charge is 2.28. The van der Waals surface area contributed by atoms with Gasteiger partial charge < -0.3 is 14.8 Å². The molecule has 1 N–H and O–H groups in total. The van der Waals surface area contributed by atoms with Gasteiger partial charge in [0.2, 0.25) is 5.91 Å². The first-order valence-corrected chi connectivity index (χ1v) is 10.6. The molecule has 160 valence electrons.